The molecule has 1 aliphatic rings. The quantitative estimate of drug-likeness (QED) is 0.688. The van der Waals surface area contributed by atoms with Crippen molar-refractivity contribution in [1.82, 2.24) is 4.98 Å². The Morgan fingerprint density at radius 1 is 1.04 bits per heavy atom. The molecule has 1 aliphatic heterocycles. The number of H-pyrrole nitrogens is 1. The van der Waals surface area contributed by atoms with Gasteiger partial charge in [-0.3, -0.25) is 0 Å². The molecule has 2 heterocycles. The monoisotopic (exact) mass is 333 g/mol. The Kier molecular flexibility index (Phi) is 3.42. The molecule has 0 fully saturated rings. The van der Waals surface area contributed by atoms with E-state index in [-0.39, 0.29) is 5.97 Å². The minimum atomic E-state index is -0.586. The number of benzene rings is 2. The molecule has 4 nitrogen and oxygen atoms in total. The molecule has 0 radical (unpaired) electrons. The van der Waals surface area contributed by atoms with Crippen LogP contribution in [0.25, 0.3) is 22.4 Å². The lowest BCUT2D eigenvalue weighted by Crippen LogP contribution is -2.29. The van der Waals surface area contributed by atoms with E-state index in [1.54, 1.807) is 0 Å². The molecular formula is C21H19NO3. The first-order valence-electron chi connectivity index (χ1n) is 8.21. The third kappa shape index (κ3) is 2.33. The number of aromatic amines is 1. The van der Waals surface area contributed by atoms with E-state index in [4.69, 9.17) is 9.47 Å². The lowest BCUT2D eigenvalue weighted by molar-refractivity contribution is 0.0596. The Morgan fingerprint density at radius 3 is 2.44 bits per heavy atom. The molecule has 1 N–H and O–H groups in total. The molecule has 0 aliphatic carbocycles. The average molecular weight is 333 g/mol. The van der Waals surface area contributed by atoms with Gasteiger partial charge in [-0.2, -0.15) is 0 Å². The Bertz CT molecular complexity index is 955. The number of esters is 1. The molecule has 0 bridgehead atoms. The fourth-order valence-corrected chi connectivity index (χ4v) is 3.54. The maximum atomic E-state index is 12.5. The molecule has 0 unspecified atom stereocenters. The molecule has 4 heteroatoms. The highest BCUT2D eigenvalue weighted by molar-refractivity contribution is 6.00. The van der Waals surface area contributed by atoms with Crippen molar-refractivity contribution in [2.75, 3.05) is 7.11 Å². The van der Waals surface area contributed by atoms with Gasteiger partial charge in [-0.05, 0) is 31.5 Å². The van der Waals surface area contributed by atoms with Crippen molar-refractivity contribution < 1.29 is 14.3 Å². The van der Waals surface area contributed by atoms with Gasteiger partial charge in [0, 0.05) is 16.7 Å². The number of hydrogen-bond donors (Lipinski definition) is 1. The van der Waals surface area contributed by atoms with Gasteiger partial charge in [-0.15, -0.1) is 0 Å². The molecule has 25 heavy (non-hydrogen) atoms. The number of ether oxygens (including phenoxy) is 2. The van der Waals surface area contributed by atoms with Crippen molar-refractivity contribution in [3.8, 4) is 28.1 Å². The Labute approximate surface area is 146 Å². The predicted molar refractivity (Wildman–Crippen MR) is 96.7 cm³/mol. The smallest absolute Gasteiger partial charge is 0.355 e. The highest BCUT2D eigenvalue weighted by Crippen LogP contribution is 2.49. The van der Waals surface area contributed by atoms with E-state index in [1.165, 1.54) is 7.11 Å². The van der Waals surface area contributed by atoms with E-state index in [2.05, 4.69) is 4.98 Å². The fraction of sp³-hybridized carbons (Fsp3) is 0.190. The second-order valence-electron chi connectivity index (χ2n) is 6.59. The molecule has 2 aromatic carbocycles. The SMILES string of the molecule is COC(=O)c1[nH]c2c(c1-c1ccccc1)C(C)(C)Oc1ccccc1-2. The van der Waals surface area contributed by atoms with Crippen molar-refractivity contribution in [2.24, 2.45) is 0 Å². The van der Waals surface area contributed by atoms with Gasteiger partial charge in [0.2, 0.25) is 0 Å². The van der Waals surface area contributed by atoms with E-state index < -0.39 is 5.60 Å². The predicted octanol–water partition coefficient (Wildman–Crippen LogP) is 4.76. The van der Waals surface area contributed by atoms with Crippen LogP contribution < -0.4 is 4.74 Å². The van der Waals surface area contributed by atoms with Gasteiger partial charge in [0.15, 0.2) is 0 Å². The van der Waals surface area contributed by atoms with Crippen LogP contribution in [-0.4, -0.2) is 18.1 Å². The number of rotatable bonds is 2. The highest BCUT2D eigenvalue weighted by Gasteiger charge is 2.39. The number of fused-ring (bicyclic) bond motifs is 3. The maximum Gasteiger partial charge on any atom is 0.355 e. The van der Waals surface area contributed by atoms with Crippen LogP contribution in [0.5, 0.6) is 5.75 Å². The van der Waals surface area contributed by atoms with Crippen molar-refractivity contribution in [3.05, 3.63) is 65.9 Å². The van der Waals surface area contributed by atoms with E-state index in [0.717, 1.165) is 33.7 Å². The summed E-state index contributed by atoms with van der Waals surface area (Å²) in [5, 5.41) is 0. The topological polar surface area (TPSA) is 51.3 Å². The zero-order chi connectivity index (χ0) is 17.6. The summed E-state index contributed by atoms with van der Waals surface area (Å²) in [4.78, 5) is 15.8. The number of aromatic nitrogens is 1. The lowest BCUT2D eigenvalue weighted by atomic mass is 9.85. The van der Waals surface area contributed by atoms with Crippen molar-refractivity contribution in [2.45, 2.75) is 19.4 Å². The first-order chi connectivity index (χ1) is 12.0. The molecule has 4 rings (SSSR count). The molecule has 0 spiro atoms. The Hall–Kier alpha value is -3.01. The van der Waals surface area contributed by atoms with E-state index >= 15 is 0 Å². The molecule has 0 amide bonds. The molecule has 0 saturated carbocycles. The molecule has 1 aromatic heterocycles. The number of nitrogens with one attached hydrogen (secondary N) is 1. The average Bonchev–Trinajstić information content (AvgIpc) is 3.03. The number of carbonyl (C=O) groups excluding carboxylic acids is 1. The van der Waals surface area contributed by atoms with Crippen LogP contribution in [0.3, 0.4) is 0 Å². The van der Waals surface area contributed by atoms with Gasteiger partial charge in [0.1, 0.15) is 17.0 Å². The summed E-state index contributed by atoms with van der Waals surface area (Å²) < 4.78 is 11.3. The second kappa shape index (κ2) is 5.52. The fourth-order valence-electron chi connectivity index (χ4n) is 3.54. The molecular weight excluding hydrogens is 314 g/mol. The number of carbonyl (C=O) groups is 1. The summed E-state index contributed by atoms with van der Waals surface area (Å²) in [5.74, 6) is 0.416. The van der Waals surface area contributed by atoms with Crippen LogP contribution in [0.15, 0.2) is 54.6 Å². The van der Waals surface area contributed by atoms with Crippen LogP contribution in [0, 0.1) is 0 Å². The molecule has 0 atom stereocenters. The van der Waals surface area contributed by atoms with E-state index in [0.29, 0.717) is 5.69 Å². The zero-order valence-electron chi connectivity index (χ0n) is 14.4. The van der Waals surface area contributed by atoms with Gasteiger partial charge in [-0.25, -0.2) is 4.79 Å². The standard InChI is InChI=1S/C21H19NO3/c1-21(2)17-16(13-9-5-4-6-10-13)19(20(23)24-3)22-18(17)14-11-7-8-12-15(14)25-21/h4-12,22H,1-3H3. The zero-order valence-corrected chi connectivity index (χ0v) is 14.4. The first-order valence-corrected chi connectivity index (χ1v) is 8.21. The summed E-state index contributed by atoms with van der Waals surface area (Å²) in [6.45, 7) is 4.03. The Morgan fingerprint density at radius 2 is 1.72 bits per heavy atom. The van der Waals surface area contributed by atoms with E-state index in [1.807, 2.05) is 68.4 Å². The van der Waals surface area contributed by atoms with Crippen LogP contribution in [0.2, 0.25) is 0 Å². The highest BCUT2D eigenvalue weighted by atomic mass is 16.5. The summed E-state index contributed by atoms with van der Waals surface area (Å²) >= 11 is 0. The largest absolute Gasteiger partial charge is 0.482 e. The molecule has 3 aromatic rings. The maximum absolute atomic E-state index is 12.5. The normalized spacial score (nSPS) is 14.2. The van der Waals surface area contributed by atoms with Gasteiger partial charge in [-0.1, -0.05) is 42.5 Å². The molecule has 126 valence electrons. The van der Waals surface area contributed by atoms with Crippen LogP contribution in [0.1, 0.15) is 29.9 Å². The first kappa shape index (κ1) is 15.5. The second-order valence-corrected chi connectivity index (χ2v) is 6.59. The summed E-state index contributed by atoms with van der Waals surface area (Å²) in [6.07, 6.45) is 0. The van der Waals surface area contributed by atoms with Crippen molar-refractivity contribution >= 4 is 5.97 Å². The lowest BCUT2D eigenvalue weighted by Gasteiger charge is -2.34. The minimum absolute atomic E-state index is 0.387. The number of para-hydroxylation sites is 1. The number of hydrogen-bond acceptors (Lipinski definition) is 3. The van der Waals surface area contributed by atoms with Crippen molar-refractivity contribution in [1.29, 1.82) is 0 Å². The third-order valence-corrected chi connectivity index (χ3v) is 4.58. The van der Waals surface area contributed by atoms with Gasteiger partial charge in [0.25, 0.3) is 0 Å². The summed E-state index contributed by atoms with van der Waals surface area (Å²) in [6, 6.07) is 17.7. The van der Waals surface area contributed by atoms with Gasteiger partial charge >= 0.3 is 5.97 Å². The molecule has 0 saturated heterocycles. The summed E-state index contributed by atoms with van der Waals surface area (Å²) in [5.41, 5.74) is 4.48. The van der Waals surface area contributed by atoms with Gasteiger partial charge < -0.3 is 14.5 Å². The van der Waals surface area contributed by atoms with Crippen LogP contribution >= 0.6 is 0 Å². The summed E-state index contributed by atoms with van der Waals surface area (Å²) in [7, 11) is 1.40. The third-order valence-electron chi connectivity index (χ3n) is 4.58. The van der Waals surface area contributed by atoms with E-state index in [9.17, 15) is 4.79 Å². The minimum Gasteiger partial charge on any atom is -0.482 e. The van der Waals surface area contributed by atoms with Crippen LogP contribution in [0.4, 0.5) is 0 Å². The number of methoxy groups -OCH3 is 1. The van der Waals surface area contributed by atoms with Crippen LogP contribution in [-0.2, 0) is 10.3 Å². The Balaban J connectivity index is 2.09. The van der Waals surface area contributed by atoms with Crippen molar-refractivity contribution in [3.63, 3.8) is 0 Å². The van der Waals surface area contributed by atoms with Gasteiger partial charge in [0.05, 0.1) is 12.8 Å².